The molecule has 2 heterocycles. The first-order valence-electron chi connectivity index (χ1n) is 7.13. The van der Waals surface area contributed by atoms with Crippen LogP contribution in [0, 0.1) is 5.92 Å². The van der Waals surface area contributed by atoms with Crippen molar-refractivity contribution in [1.82, 2.24) is 14.9 Å². The summed E-state index contributed by atoms with van der Waals surface area (Å²) in [5, 5.41) is 3.66. The lowest BCUT2D eigenvalue weighted by atomic mass is 9.92. The smallest absolute Gasteiger partial charge is 0.126 e. The molecular weight excluding hydrogens is 226 g/mol. The van der Waals surface area contributed by atoms with Gasteiger partial charge in [-0.1, -0.05) is 6.92 Å². The zero-order chi connectivity index (χ0) is 13.0. The Labute approximate surface area is 110 Å². The number of rotatable bonds is 6. The molecule has 0 spiro atoms. The number of aromatic nitrogens is 2. The minimum Gasteiger partial charge on any atom is -0.378 e. The highest BCUT2D eigenvalue weighted by atomic mass is 16.5. The second-order valence-electron chi connectivity index (χ2n) is 5.03. The van der Waals surface area contributed by atoms with Crippen LogP contribution in [-0.2, 0) is 11.3 Å². The van der Waals surface area contributed by atoms with E-state index < -0.39 is 0 Å². The van der Waals surface area contributed by atoms with Crippen LogP contribution in [0.15, 0.2) is 12.4 Å². The molecule has 4 nitrogen and oxygen atoms in total. The second kappa shape index (κ2) is 6.34. The zero-order valence-corrected chi connectivity index (χ0v) is 11.7. The van der Waals surface area contributed by atoms with Gasteiger partial charge in [-0.15, -0.1) is 0 Å². The van der Waals surface area contributed by atoms with E-state index in [9.17, 15) is 0 Å². The maximum Gasteiger partial charge on any atom is 0.126 e. The van der Waals surface area contributed by atoms with Crippen molar-refractivity contribution in [1.29, 1.82) is 0 Å². The third-order valence-corrected chi connectivity index (χ3v) is 3.84. The highest BCUT2D eigenvalue weighted by Gasteiger charge is 2.34. The van der Waals surface area contributed by atoms with Crippen LogP contribution in [0.1, 0.15) is 45.5 Å². The van der Waals surface area contributed by atoms with Crippen molar-refractivity contribution in [3.8, 4) is 0 Å². The highest BCUT2D eigenvalue weighted by molar-refractivity contribution is 5.03. The molecule has 102 valence electrons. The topological polar surface area (TPSA) is 39.1 Å². The summed E-state index contributed by atoms with van der Waals surface area (Å²) in [5.41, 5.74) is 0. The molecule has 1 aliphatic rings. The van der Waals surface area contributed by atoms with Gasteiger partial charge in [0, 0.05) is 31.5 Å². The maximum absolute atomic E-state index is 5.72. The van der Waals surface area contributed by atoms with Crippen LogP contribution in [0.25, 0.3) is 0 Å². The van der Waals surface area contributed by atoms with E-state index in [1.165, 1.54) is 0 Å². The summed E-state index contributed by atoms with van der Waals surface area (Å²) in [6, 6.07) is 0.317. The van der Waals surface area contributed by atoms with Gasteiger partial charge in [0.1, 0.15) is 5.82 Å². The second-order valence-corrected chi connectivity index (χ2v) is 5.03. The van der Waals surface area contributed by atoms with Crippen molar-refractivity contribution >= 4 is 0 Å². The van der Waals surface area contributed by atoms with Gasteiger partial charge >= 0.3 is 0 Å². The maximum atomic E-state index is 5.72. The summed E-state index contributed by atoms with van der Waals surface area (Å²) in [7, 11) is 0. The molecule has 0 saturated carbocycles. The van der Waals surface area contributed by atoms with Crippen molar-refractivity contribution in [2.45, 2.75) is 52.3 Å². The molecule has 4 heteroatoms. The normalized spacial score (nSPS) is 25.5. The lowest BCUT2D eigenvalue weighted by molar-refractivity contribution is 0.0939. The minimum atomic E-state index is 0.317. The van der Waals surface area contributed by atoms with Gasteiger partial charge in [-0.05, 0) is 33.2 Å². The number of nitrogens with zero attached hydrogens (tertiary/aromatic N) is 2. The minimum absolute atomic E-state index is 0.317. The Hall–Kier alpha value is -0.870. The number of imidazole rings is 1. The Balaban J connectivity index is 2.18. The molecular formula is C14H25N3O. The fraction of sp³-hybridized carbons (Fsp3) is 0.786. The molecule has 2 rings (SSSR count). The average molecular weight is 251 g/mol. The number of hydrogen-bond donors (Lipinski definition) is 1. The van der Waals surface area contributed by atoms with Crippen LogP contribution < -0.4 is 5.32 Å². The molecule has 0 radical (unpaired) electrons. The van der Waals surface area contributed by atoms with E-state index in [1.54, 1.807) is 0 Å². The third kappa shape index (κ3) is 2.75. The quantitative estimate of drug-likeness (QED) is 0.843. The Bertz CT molecular complexity index is 364. The van der Waals surface area contributed by atoms with Gasteiger partial charge in [0.25, 0.3) is 0 Å². The van der Waals surface area contributed by atoms with Crippen LogP contribution in [0.3, 0.4) is 0 Å². The molecule has 0 aromatic carbocycles. The summed E-state index contributed by atoms with van der Waals surface area (Å²) in [5.74, 6) is 1.69. The zero-order valence-electron chi connectivity index (χ0n) is 11.7. The molecule has 1 aromatic rings. The summed E-state index contributed by atoms with van der Waals surface area (Å²) in [6.45, 7) is 9.42. The molecule has 0 bridgehead atoms. The molecule has 1 saturated heterocycles. The molecule has 0 aliphatic carbocycles. The van der Waals surface area contributed by atoms with Gasteiger partial charge in [0.2, 0.25) is 0 Å². The molecule has 18 heavy (non-hydrogen) atoms. The molecule has 1 aromatic heterocycles. The molecule has 1 N–H and O–H groups in total. The van der Waals surface area contributed by atoms with Crippen molar-refractivity contribution in [3.05, 3.63) is 18.2 Å². The van der Waals surface area contributed by atoms with E-state index in [1.807, 2.05) is 6.20 Å². The van der Waals surface area contributed by atoms with Crippen molar-refractivity contribution in [3.63, 3.8) is 0 Å². The molecule has 3 unspecified atom stereocenters. The van der Waals surface area contributed by atoms with Crippen molar-refractivity contribution < 1.29 is 4.74 Å². The highest BCUT2D eigenvalue weighted by Crippen LogP contribution is 2.32. The lowest BCUT2D eigenvalue weighted by Crippen LogP contribution is -2.34. The Morgan fingerprint density at radius 1 is 1.56 bits per heavy atom. The van der Waals surface area contributed by atoms with Gasteiger partial charge in [0.05, 0.1) is 12.1 Å². The Morgan fingerprint density at radius 3 is 3.00 bits per heavy atom. The summed E-state index contributed by atoms with van der Waals surface area (Å²) in [6.07, 6.45) is 6.56. The van der Waals surface area contributed by atoms with E-state index in [-0.39, 0.29) is 0 Å². The van der Waals surface area contributed by atoms with Crippen LogP contribution in [0.2, 0.25) is 0 Å². The van der Waals surface area contributed by atoms with Gasteiger partial charge in [-0.25, -0.2) is 4.98 Å². The van der Waals surface area contributed by atoms with Gasteiger partial charge < -0.3 is 14.6 Å². The first-order valence-corrected chi connectivity index (χ1v) is 7.13. The van der Waals surface area contributed by atoms with Crippen LogP contribution in [0.5, 0.6) is 0 Å². The molecule has 0 amide bonds. The third-order valence-electron chi connectivity index (χ3n) is 3.84. The predicted molar refractivity (Wildman–Crippen MR) is 72.5 cm³/mol. The van der Waals surface area contributed by atoms with E-state index in [0.29, 0.717) is 18.1 Å². The number of aryl methyl sites for hydroxylation is 1. The standard InChI is InChI=1S/C14H25N3O/c1-4-7-15-13(12-6-10-18-11(12)3)14-16-8-9-17(14)5-2/h8-9,11-13,15H,4-7,10H2,1-3H3. The van der Waals surface area contributed by atoms with E-state index in [2.05, 4.69) is 41.8 Å². The first-order chi connectivity index (χ1) is 8.77. The van der Waals surface area contributed by atoms with E-state index in [0.717, 1.165) is 38.4 Å². The summed E-state index contributed by atoms with van der Waals surface area (Å²) in [4.78, 5) is 4.56. The lowest BCUT2D eigenvalue weighted by Gasteiger charge is -2.27. The number of ether oxygens (including phenoxy) is 1. The fourth-order valence-corrected chi connectivity index (χ4v) is 2.79. The van der Waals surface area contributed by atoms with Crippen LogP contribution in [0.4, 0.5) is 0 Å². The SMILES string of the molecule is CCCNC(c1nccn1CC)C1CCOC1C. The van der Waals surface area contributed by atoms with E-state index in [4.69, 9.17) is 4.74 Å². The fourth-order valence-electron chi connectivity index (χ4n) is 2.79. The molecule has 1 fully saturated rings. The first kappa shape index (κ1) is 13.6. The largest absolute Gasteiger partial charge is 0.378 e. The summed E-state index contributed by atoms with van der Waals surface area (Å²) < 4.78 is 7.96. The van der Waals surface area contributed by atoms with Crippen LogP contribution in [-0.4, -0.2) is 28.8 Å². The predicted octanol–water partition coefficient (Wildman–Crippen LogP) is 2.37. The summed E-state index contributed by atoms with van der Waals surface area (Å²) >= 11 is 0. The van der Waals surface area contributed by atoms with Gasteiger partial charge in [0.15, 0.2) is 0 Å². The molecule has 1 aliphatic heterocycles. The van der Waals surface area contributed by atoms with Gasteiger partial charge in [-0.3, -0.25) is 0 Å². The van der Waals surface area contributed by atoms with Gasteiger partial charge in [-0.2, -0.15) is 0 Å². The molecule has 3 atom stereocenters. The number of nitrogens with one attached hydrogen (secondary N) is 1. The van der Waals surface area contributed by atoms with Crippen molar-refractivity contribution in [2.24, 2.45) is 5.92 Å². The van der Waals surface area contributed by atoms with E-state index >= 15 is 0 Å². The Kier molecular flexibility index (Phi) is 4.78. The average Bonchev–Trinajstić information content (AvgIpc) is 2.99. The number of hydrogen-bond acceptors (Lipinski definition) is 3. The van der Waals surface area contributed by atoms with Crippen molar-refractivity contribution in [2.75, 3.05) is 13.2 Å². The van der Waals surface area contributed by atoms with Crippen LogP contribution >= 0.6 is 0 Å². The monoisotopic (exact) mass is 251 g/mol. The Morgan fingerprint density at radius 2 is 2.39 bits per heavy atom.